The predicted molar refractivity (Wildman–Crippen MR) is 103 cm³/mol. The molecule has 136 valence electrons. The summed E-state index contributed by atoms with van der Waals surface area (Å²) in [6.07, 6.45) is 10.5. The van der Waals surface area contributed by atoms with Crippen molar-refractivity contribution in [2.45, 2.75) is 99.7 Å². The second kappa shape index (κ2) is 6.12. The van der Waals surface area contributed by atoms with E-state index < -0.39 is 34.2 Å². The van der Waals surface area contributed by atoms with E-state index in [4.69, 9.17) is 16.5 Å². The number of hydrogen-bond donors (Lipinski definition) is 0. The van der Waals surface area contributed by atoms with Crippen LogP contribution >= 0.6 is 0 Å². The van der Waals surface area contributed by atoms with Gasteiger partial charge in [-0.05, 0) is 48.4 Å². The lowest BCUT2D eigenvalue weighted by molar-refractivity contribution is 0.221. The van der Waals surface area contributed by atoms with Gasteiger partial charge in [-0.25, -0.2) is 0 Å². The average molecular weight is 401 g/mol. The van der Waals surface area contributed by atoms with Crippen LogP contribution in [0, 0.1) is 0 Å². The van der Waals surface area contributed by atoms with E-state index in [1.165, 1.54) is 99.7 Å². The minimum atomic E-state index is -2.05. The first kappa shape index (κ1) is 16.9. The van der Waals surface area contributed by atoms with Crippen molar-refractivity contribution in [2.24, 2.45) is 0 Å². The molecule has 8 heteroatoms. The van der Waals surface area contributed by atoms with Crippen molar-refractivity contribution < 1.29 is 16.5 Å². The van der Waals surface area contributed by atoms with Gasteiger partial charge in [0.2, 0.25) is 0 Å². The quantitative estimate of drug-likeness (QED) is 0.536. The van der Waals surface area contributed by atoms with Crippen LogP contribution in [0.25, 0.3) is 0 Å². The molecule has 0 bridgehead atoms. The number of hydrogen-bond acceptors (Lipinski definition) is 4. The summed E-state index contributed by atoms with van der Waals surface area (Å²) in [4.78, 5) is 0. The summed E-state index contributed by atoms with van der Waals surface area (Å²) in [6.45, 7) is 0. The van der Waals surface area contributed by atoms with Gasteiger partial charge in [0.1, 0.15) is 0 Å². The van der Waals surface area contributed by atoms with E-state index >= 15 is 0 Å². The molecule has 0 atom stereocenters. The van der Waals surface area contributed by atoms with Gasteiger partial charge >= 0.3 is 34.2 Å². The zero-order valence-electron chi connectivity index (χ0n) is 14.9. The molecule has 0 aromatic carbocycles. The van der Waals surface area contributed by atoms with Gasteiger partial charge in [0.05, 0.1) is 0 Å². The molecule has 0 unspecified atom stereocenters. The molecule has 5 fully saturated rings. The second-order valence-electron chi connectivity index (χ2n) is 8.88. The molecule has 0 radical (unpaired) electrons. The van der Waals surface area contributed by atoms with Gasteiger partial charge < -0.3 is 16.5 Å². The molecule has 5 heterocycles. The van der Waals surface area contributed by atoms with Crippen molar-refractivity contribution in [3.8, 4) is 0 Å². The molecule has 0 N–H and O–H groups in total. The van der Waals surface area contributed by atoms with Gasteiger partial charge in [0.15, 0.2) is 0 Å². The Balaban J connectivity index is 1.52. The zero-order valence-corrected chi connectivity index (χ0v) is 18.9. The third-order valence-electron chi connectivity index (χ3n) is 6.95. The maximum atomic E-state index is 7.18. The molecular weight excluding hydrogens is 369 g/mol. The third kappa shape index (κ3) is 2.90. The SMILES string of the molecule is C1CC[Si]2(C1)O[Si]1(CCCC1)O[Si]1(CCCC1)O[Si]1(CCCC1)O2. The maximum absolute atomic E-state index is 7.18. The highest BCUT2D eigenvalue weighted by atomic mass is 28.5. The van der Waals surface area contributed by atoms with Crippen LogP contribution in [0.15, 0.2) is 0 Å². The van der Waals surface area contributed by atoms with Crippen LogP contribution in [0.5, 0.6) is 0 Å². The van der Waals surface area contributed by atoms with E-state index in [1.54, 1.807) is 0 Å². The second-order valence-corrected chi connectivity index (χ2v) is 23.4. The Morgan fingerprint density at radius 3 is 0.625 bits per heavy atom. The van der Waals surface area contributed by atoms with Crippen molar-refractivity contribution in [2.75, 3.05) is 0 Å². The summed E-state index contributed by atoms with van der Waals surface area (Å²) in [5.41, 5.74) is 0. The molecule has 5 saturated heterocycles. The molecule has 4 spiro atoms. The molecule has 4 nitrogen and oxygen atoms in total. The highest BCUT2D eigenvalue weighted by Crippen LogP contribution is 2.51. The van der Waals surface area contributed by atoms with Crippen molar-refractivity contribution in [3.63, 3.8) is 0 Å². The first-order chi connectivity index (χ1) is 11.7. The lowest BCUT2D eigenvalue weighted by atomic mass is 10.4. The van der Waals surface area contributed by atoms with E-state index in [9.17, 15) is 0 Å². The summed E-state index contributed by atoms with van der Waals surface area (Å²) in [5, 5.41) is 0. The third-order valence-corrected chi connectivity index (χ3v) is 27.8. The van der Waals surface area contributed by atoms with E-state index in [0.717, 1.165) is 0 Å². The Morgan fingerprint density at radius 1 is 0.292 bits per heavy atom. The maximum Gasteiger partial charge on any atom is 0.320 e. The van der Waals surface area contributed by atoms with E-state index in [0.29, 0.717) is 0 Å². The molecule has 0 aromatic rings. The van der Waals surface area contributed by atoms with Gasteiger partial charge in [-0.1, -0.05) is 51.4 Å². The normalized spacial score (nSPS) is 36.0. The standard InChI is InChI=1S/C16H32O4Si4/c1-2-10-21(9-1)17-22(11-3-4-12-22)19-24(15-7-8-16-24)20-23(18-21)13-5-6-14-23/h1-16H2. The predicted octanol–water partition coefficient (Wildman–Crippen LogP) is 5.01. The Bertz CT molecular complexity index is 374. The van der Waals surface area contributed by atoms with E-state index in [-0.39, 0.29) is 0 Å². The fraction of sp³-hybridized carbons (Fsp3) is 1.00. The van der Waals surface area contributed by atoms with Crippen LogP contribution in [0.2, 0.25) is 48.4 Å². The Labute approximate surface area is 150 Å². The fourth-order valence-corrected chi connectivity index (χ4v) is 32.8. The largest absolute Gasteiger partial charge is 0.415 e. The van der Waals surface area contributed by atoms with E-state index in [2.05, 4.69) is 0 Å². The molecule has 5 aliphatic rings. The van der Waals surface area contributed by atoms with Gasteiger partial charge in [0, 0.05) is 0 Å². The molecule has 0 aliphatic carbocycles. The topological polar surface area (TPSA) is 36.9 Å². The first-order valence-corrected chi connectivity index (χ1v) is 19.4. The minimum absolute atomic E-state index is 1.22. The molecule has 24 heavy (non-hydrogen) atoms. The van der Waals surface area contributed by atoms with Crippen LogP contribution in [0.3, 0.4) is 0 Å². The lowest BCUT2D eigenvalue weighted by Gasteiger charge is -2.50. The van der Waals surface area contributed by atoms with E-state index in [1.807, 2.05) is 0 Å². The van der Waals surface area contributed by atoms with Crippen molar-refractivity contribution in [1.82, 2.24) is 0 Å². The van der Waals surface area contributed by atoms with Crippen molar-refractivity contribution in [3.05, 3.63) is 0 Å². The van der Waals surface area contributed by atoms with Crippen LogP contribution in [-0.2, 0) is 16.5 Å². The van der Waals surface area contributed by atoms with Crippen molar-refractivity contribution >= 4 is 34.2 Å². The van der Waals surface area contributed by atoms with Crippen LogP contribution < -0.4 is 0 Å². The Hall–Kier alpha value is 0.708. The fourth-order valence-electron chi connectivity index (χ4n) is 5.91. The summed E-state index contributed by atoms with van der Waals surface area (Å²) < 4.78 is 28.7. The zero-order chi connectivity index (χ0) is 16.1. The first-order valence-electron chi connectivity index (χ1n) is 10.5. The molecule has 5 aliphatic heterocycles. The van der Waals surface area contributed by atoms with Crippen LogP contribution in [0.4, 0.5) is 0 Å². The molecule has 5 rings (SSSR count). The highest BCUT2D eigenvalue weighted by molar-refractivity contribution is 6.95. The molecular formula is C16H32O4Si4. The lowest BCUT2D eigenvalue weighted by Crippen LogP contribution is -2.67. The van der Waals surface area contributed by atoms with Gasteiger partial charge in [-0.15, -0.1) is 0 Å². The molecule has 0 saturated carbocycles. The smallest absolute Gasteiger partial charge is 0.320 e. The van der Waals surface area contributed by atoms with Crippen LogP contribution in [-0.4, -0.2) is 34.2 Å². The summed E-state index contributed by atoms with van der Waals surface area (Å²) >= 11 is 0. The van der Waals surface area contributed by atoms with Gasteiger partial charge in [-0.3, -0.25) is 0 Å². The van der Waals surface area contributed by atoms with Crippen LogP contribution in [0.1, 0.15) is 51.4 Å². The molecule has 0 amide bonds. The minimum Gasteiger partial charge on any atom is -0.415 e. The summed E-state index contributed by atoms with van der Waals surface area (Å²) in [6, 6.07) is 9.76. The van der Waals surface area contributed by atoms with Gasteiger partial charge in [-0.2, -0.15) is 0 Å². The molecule has 0 aromatic heterocycles. The average Bonchev–Trinajstić information content (AvgIpc) is 3.30. The summed E-state index contributed by atoms with van der Waals surface area (Å²) in [7, 11) is -8.19. The Kier molecular flexibility index (Phi) is 4.29. The number of rotatable bonds is 0. The highest BCUT2D eigenvalue weighted by Gasteiger charge is 2.64. The summed E-state index contributed by atoms with van der Waals surface area (Å²) in [5.74, 6) is 0. The van der Waals surface area contributed by atoms with Crippen molar-refractivity contribution in [1.29, 1.82) is 0 Å². The Morgan fingerprint density at radius 2 is 0.458 bits per heavy atom. The monoisotopic (exact) mass is 400 g/mol. The van der Waals surface area contributed by atoms with Gasteiger partial charge in [0.25, 0.3) is 0 Å².